The van der Waals surface area contributed by atoms with Gasteiger partial charge in [-0.25, -0.2) is 0 Å². The summed E-state index contributed by atoms with van der Waals surface area (Å²) >= 11 is 0. The molecule has 1 aliphatic heterocycles. The lowest BCUT2D eigenvalue weighted by molar-refractivity contribution is -0.149. The summed E-state index contributed by atoms with van der Waals surface area (Å²) in [5.41, 5.74) is -0.670. The Bertz CT molecular complexity index is 624. The minimum atomic E-state index is -1.82. The van der Waals surface area contributed by atoms with E-state index in [0.29, 0.717) is 12.4 Å². The van der Waals surface area contributed by atoms with Crippen molar-refractivity contribution in [3.05, 3.63) is 23.9 Å². The second-order valence-electron chi connectivity index (χ2n) is 9.29. The lowest BCUT2D eigenvalue weighted by atomic mass is 9.53. The summed E-state index contributed by atoms with van der Waals surface area (Å²) in [4.78, 5) is 13.3. The quantitative estimate of drug-likeness (QED) is 0.371. The summed E-state index contributed by atoms with van der Waals surface area (Å²) in [6.45, 7) is 17.7. The van der Waals surface area contributed by atoms with Gasteiger partial charge in [0.1, 0.15) is 17.8 Å². The summed E-state index contributed by atoms with van der Waals surface area (Å²) in [6, 6.07) is 3.20. The number of ketones is 1. The van der Waals surface area contributed by atoms with Crippen LogP contribution in [0, 0.1) is 16.7 Å². The molecule has 0 aromatic heterocycles. The van der Waals surface area contributed by atoms with Crippen LogP contribution >= 0.6 is 0 Å². The molecule has 1 aliphatic carbocycles. The van der Waals surface area contributed by atoms with Gasteiger partial charge in [-0.15, -0.1) is 0 Å². The van der Waals surface area contributed by atoms with Crippen LogP contribution < -0.4 is 0 Å². The third kappa shape index (κ3) is 4.11. The number of carbonyl (C=O) groups excluding carboxylic acids is 1. The summed E-state index contributed by atoms with van der Waals surface area (Å²) in [5, 5.41) is 0. The Morgan fingerprint density at radius 3 is 2.32 bits per heavy atom. The van der Waals surface area contributed by atoms with Crippen molar-refractivity contribution >= 4 is 14.1 Å². The molecule has 0 spiro atoms. The molecule has 2 rings (SSSR count). The fraction of sp³-hybridized carbons (Fsp3) is 0.783. The van der Waals surface area contributed by atoms with Gasteiger partial charge in [-0.2, -0.15) is 0 Å². The van der Waals surface area contributed by atoms with Gasteiger partial charge in [-0.05, 0) is 57.2 Å². The average molecular weight is 409 g/mol. The van der Waals surface area contributed by atoms with Gasteiger partial charge in [0.15, 0.2) is 5.78 Å². The standard InChI is InChI=1S/C23H40O4Si/c1-9-25-19-13-14-22(6,7)21-18(24)15-17(5)27-20(23(19,21)8)16-26-28(10-2,11-3)12-4/h15-16,19,21H,9-14H2,1-8H3/b20-16-/t19-,21?,23+/m0/s1. The van der Waals surface area contributed by atoms with E-state index in [1.165, 1.54) is 0 Å². The number of hydrogen-bond donors (Lipinski definition) is 0. The fourth-order valence-corrected chi connectivity index (χ4v) is 7.67. The van der Waals surface area contributed by atoms with Gasteiger partial charge in [-0.1, -0.05) is 34.6 Å². The van der Waals surface area contributed by atoms with Crippen LogP contribution in [0.25, 0.3) is 0 Å². The predicted molar refractivity (Wildman–Crippen MR) is 116 cm³/mol. The first-order valence-electron chi connectivity index (χ1n) is 11.0. The number of ether oxygens (including phenoxy) is 2. The molecule has 28 heavy (non-hydrogen) atoms. The highest BCUT2D eigenvalue weighted by Gasteiger charge is 2.59. The smallest absolute Gasteiger partial charge is 0.249 e. The van der Waals surface area contributed by atoms with E-state index >= 15 is 0 Å². The minimum Gasteiger partial charge on any atom is -0.546 e. The van der Waals surface area contributed by atoms with Gasteiger partial charge in [0.2, 0.25) is 8.32 Å². The zero-order chi connectivity index (χ0) is 21.2. The van der Waals surface area contributed by atoms with Gasteiger partial charge in [0, 0.05) is 18.6 Å². The van der Waals surface area contributed by atoms with E-state index in [1.54, 1.807) is 6.08 Å². The molecule has 1 heterocycles. The van der Waals surface area contributed by atoms with Crippen LogP contribution in [0.1, 0.15) is 68.2 Å². The highest BCUT2D eigenvalue weighted by atomic mass is 28.4. The Kier molecular flexibility index (Phi) is 7.25. The molecule has 0 amide bonds. The van der Waals surface area contributed by atoms with Gasteiger partial charge in [0.05, 0.1) is 11.5 Å². The second kappa shape index (κ2) is 8.74. The predicted octanol–water partition coefficient (Wildman–Crippen LogP) is 6.20. The fourth-order valence-electron chi connectivity index (χ4n) is 5.31. The van der Waals surface area contributed by atoms with Crippen LogP contribution in [-0.4, -0.2) is 26.8 Å². The average Bonchev–Trinajstić information content (AvgIpc) is 2.74. The van der Waals surface area contributed by atoms with Crippen LogP contribution in [0.15, 0.2) is 23.9 Å². The maximum Gasteiger partial charge on any atom is 0.249 e. The Labute approximate surface area is 172 Å². The van der Waals surface area contributed by atoms with Crippen LogP contribution in [0.5, 0.6) is 0 Å². The van der Waals surface area contributed by atoms with Crippen molar-refractivity contribution in [3.63, 3.8) is 0 Å². The highest BCUT2D eigenvalue weighted by Crippen LogP contribution is 2.57. The summed E-state index contributed by atoms with van der Waals surface area (Å²) in [6.07, 6.45) is 5.35. The van der Waals surface area contributed by atoms with Crippen molar-refractivity contribution in [2.75, 3.05) is 6.61 Å². The van der Waals surface area contributed by atoms with E-state index in [4.69, 9.17) is 13.9 Å². The van der Waals surface area contributed by atoms with Gasteiger partial charge in [-0.3, -0.25) is 4.79 Å². The highest BCUT2D eigenvalue weighted by molar-refractivity contribution is 6.73. The number of carbonyl (C=O) groups is 1. The van der Waals surface area contributed by atoms with Gasteiger partial charge in [0.25, 0.3) is 0 Å². The maximum atomic E-state index is 13.3. The van der Waals surface area contributed by atoms with Crippen molar-refractivity contribution in [2.24, 2.45) is 16.7 Å². The Morgan fingerprint density at radius 1 is 1.18 bits per heavy atom. The van der Waals surface area contributed by atoms with Gasteiger partial charge < -0.3 is 13.9 Å². The molecule has 1 unspecified atom stereocenters. The maximum absolute atomic E-state index is 13.3. The molecule has 0 N–H and O–H groups in total. The zero-order valence-electron chi connectivity index (χ0n) is 19.2. The summed E-state index contributed by atoms with van der Waals surface area (Å²) in [7, 11) is -1.82. The van der Waals surface area contributed by atoms with Crippen molar-refractivity contribution < 1.29 is 18.7 Å². The summed E-state index contributed by atoms with van der Waals surface area (Å²) < 4.78 is 19.0. The Balaban J connectivity index is 2.59. The minimum absolute atomic E-state index is 0.0606. The third-order valence-electron chi connectivity index (χ3n) is 7.25. The van der Waals surface area contributed by atoms with Crippen LogP contribution in [-0.2, 0) is 18.7 Å². The van der Waals surface area contributed by atoms with E-state index in [-0.39, 0.29) is 23.2 Å². The van der Waals surface area contributed by atoms with Crippen LogP contribution in [0.3, 0.4) is 0 Å². The third-order valence-corrected chi connectivity index (χ3v) is 11.7. The van der Waals surface area contributed by atoms with E-state index in [2.05, 4.69) is 41.5 Å². The number of allylic oxidation sites excluding steroid dienone is 2. The SMILES string of the molecule is CCO[C@H]1CCC(C)(C)C2C(=O)C=C(C)O/C(=C\O[Si](CC)(CC)CC)[C@]21C. The lowest BCUT2D eigenvalue weighted by Gasteiger charge is -2.52. The largest absolute Gasteiger partial charge is 0.546 e. The zero-order valence-corrected chi connectivity index (χ0v) is 20.2. The van der Waals surface area contributed by atoms with Crippen LogP contribution in [0.2, 0.25) is 18.1 Å². The molecule has 0 saturated heterocycles. The lowest BCUT2D eigenvalue weighted by Crippen LogP contribution is -2.55. The monoisotopic (exact) mass is 408 g/mol. The Hall–Kier alpha value is -1.07. The topological polar surface area (TPSA) is 44.8 Å². The Morgan fingerprint density at radius 2 is 1.79 bits per heavy atom. The first kappa shape index (κ1) is 23.2. The van der Waals surface area contributed by atoms with E-state index < -0.39 is 13.7 Å². The van der Waals surface area contributed by atoms with Crippen molar-refractivity contribution in [1.82, 2.24) is 0 Å². The number of hydrogen-bond acceptors (Lipinski definition) is 4. The molecule has 0 radical (unpaired) electrons. The molecule has 3 atom stereocenters. The number of rotatable bonds is 7. The molecule has 1 saturated carbocycles. The molecule has 5 heteroatoms. The van der Waals surface area contributed by atoms with E-state index in [1.807, 2.05) is 20.1 Å². The van der Waals surface area contributed by atoms with E-state index in [0.717, 1.165) is 36.7 Å². The van der Waals surface area contributed by atoms with Crippen molar-refractivity contribution in [1.29, 1.82) is 0 Å². The van der Waals surface area contributed by atoms with Crippen molar-refractivity contribution in [3.8, 4) is 0 Å². The van der Waals surface area contributed by atoms with Crippen molar-refractivity contribution in [2.45, 2.75) is 92.5 Å². The molecular formula is C23H40O4Si. The second-order valence-corrected chi connectivity index (χ2v) is 14.0. The van der Waals surface area contributed by atoms with Crippen LogP contribution in [0.4, 0.5) is 0 Å². The molecule has 1 fully saturated rings. The number of fused-ring (bicyclic) bond motifs is 1. The first-order valence-corrected chi connectivity index (χ1v) is 13.5. The van der Waals surface area contributed by atoms with Gasteiger partial charge >= 0.3 is 0 Å². The molecule has 0 aromatic rings. The molecule has 0 bridgehead atoms. The molecule has 0 aromatic carbocycles. The normalized spacial score (nSPS) is 31.6. The first-order chi connectivity index (χ1) is 13.1. The van der Waals surface area contributed by atoms with E-state index in [9.17, 15) is 4.79 Å². The molecule has 160 valence electrons. The molecule has 4 nitrogen and oxygen atoms in total. The molecular weight excluding hydrogens is 368 g/mol. The molecule has 2 aliphatic rings. The summed E-state index contributed by atoms with van der Waals surface area (Å²) in [5.74, 6) is 1.34.